The number of hydrogen-bond donors (Lipinski definition) is 1. The summed E-state index contributed by atoms with van der Waals surface area (Å²) in [5.74, 6) is 0.750. The van der Waals surface area contributed by atoms with Crippen LogP contribution in [0.5, 0.6) is 0 Å². The Bertz CT molecular complexity index is 770. The number of aromatic nitrogens is 1. The van der Waals surface area contributed by atoms with E-state index in [0.29, 0.717) is 22.8 Å². The van der Waals surface area contributed by atoms with Gasteiger partial charge < -0.3 is 14.0 Å². The van der Waals surface area contributed by atoms with Gasteiger partial charge in [0.05, 0.1) is 5.56 Å². The fourth-order valence-corrected chi connectivity index (χ4v) is 1.97. The van der Waals surface area contributed by atoms with Gasteiger partial charge in [0.2, 0.25) is 0 Å². The van der Waals surface area contributed by atoms with Crippen LogP contribution < -0.4 is 0 Å². The molecule has 0 amide bonds. The SMILES string of the molecule is Cc1ccc(-c2cc(-c3ccccc3C(=O)O)on2)o1. The minimum absolute atomic E-state index is 0.172. The lowest BCUT2D eigenvalue weighted by molar-refractivity contribution is 0.0697. The third-order valence-corrected chi connectivity index (χ3v) is 2.93. The van der Waals surface area contributed by atoms with Gasteiger partial charge in [-0.25, -0.2) is 4.79 Å². The highest BCUT2D eigenvalue weighted by Gasteiger charge is 2.16. The van der Waals surface area contributed by atoms with E-state index in [-0.39, 0.29) is 5.56 Å². The first-order valence-electron chi connectivity index (χ1n) is 6.01. The van der Waals surface area contributed by atoms with Gasteiger partial charge in [0, 0.05) is 11.6 Å². The number of carbonyl (C=O) groups is 1. The molecule has 100 valence electrons. The van der Waals surface area contributed by atoms with Crippen LogP contribution in [0.2, 0.25) is 0 Å². The Kier molecular flexibility index (Phi) is 2.87. The Labute approximate surface area is 114 Å². The van der Waals surface area contributed by atoms with Gasteiger partial charge in [0.25, 0.3) is 0 Å². The molecule has 2 aromatic heterocycles. The summed E-state index contributed by atoms with van der Waals surface area (Å²) in [6.07, 6.45) is 0. The van der Waals surface area contributed by atoms with Gasteiger partial charge >= 0.3 is 5.97 Å². The number of hydrogen-bond acceptors (Lipinski definition) is 4. The molecule has 3 rings (SSSR count). The second-order valence-corrected chi connectivity index (χ2v) is 4.34. The van der Waals surface area contributed by atoms with Gasteiger partial charge in [-0.2, -0.15) is 0 Å². The zero-order valence-electron chi connectivity index (χ0n) is 10.7. The maximum atomic E-state index is 11.2. The van der Waals surface area contributed by atoms with Crippen molar-refractivity contribution >= 4 is 5.97 Å². The predicted molar refractivity (Wildman–Crippen MR) is 71.3 cm³/mol. The van der Waals surface area contributed by atoms with Crippen LogP contribution >= 0.6 is 0 Å². The molecule has 1 N–H and O–H groups in total. The highest BCUT2D eigenvalue weighted by molar-refractivity contribution is 5.95. The predicted octanol–water partition coefficient (Wildman–Crippen LogP) is 3.61. The van der Waals surface area contributed by atoms with Crippen molar-refractivity contribution in [3.8, 4) is 22.8 Å². The molecule has 20 heavy (non-hydrogen) atoms. The fourth-order valence-electron chi connectivity index (χ4n) is 1.97. The van der Waals surface area contributed by atoms with Crippen molar-refractivity contribution in [2.75, 3.05) is 0 Å². The van der Waals surface area contributed by atoms with Gasteiger partial charge in [-0.15, -0.1) is 0 Å². The summed E-state index contributed by atoms with van der Waals surface area (Å²) in [5, 5.41) is 13.1. The molecule has 0 fully saturated rings. The van der Waals surface area contributed by atoms with Crippen LogP contribution in [0.4, 0.5) is 0 Å². The lowest BCUT2D eigenvalue weighted by Gasteiger charge is -2.00. The van der Waals surface area contributed by atoms with Crippen molar-refractivity contribution < 1.29 is 18.8 Å². The van der Waals surface area contributed by atoms with E-state index in [0.717, 1.165) is 5.76 Å². The minimum Gasteiger partial charge on any atom is -0.478 e. The molecule has 0 saturated carbocycles. The van der Waals surface area contributed by atoms with Gasteiger partial charge in [-0.05, 0) is 25.1 Å². The Morgan fingerprint density at radius 2 is 1.95 bits per heavy atom. The molecule has 0 radical (unpaired) electrons. The number of carboxylic acids is 1. The van der Waals surface area contributed by atoms with E-state index in [1.165, 1.54) is 6.07 Å². The zero-order valence-corrected chi connectivity index (χ0v) is 10.7. The second kappa shape index (κ2) is 4.70. The summed E-state index contributed by atoms with van der Waals surface area (Å²) in [5.41, 5.74) is 1.20. The summed E-state index contributed by atoms with van der Waals surface area (Å²) in [6.45, 7) is 1.84. The maximum Gasteiger partial charge on any atom is 0.336 e. The summed E-state index contributed by atoms with van der Waals surface area (Å²) in [6, 6.07) is 11.9. The molecular formula is C15H11NO4. The van der Waals surface area contributed by atoms with Gasteiger partial charge in [0.15, 0.2) is 11.5 Å². The molecule has 0 spiro atoms. The van der Waals surface area contributed by atoms with Crippen LogP contribution in [-0.4, -0.2) is 16.2 Å². The standard InChI is InChI=1S/C15H11NO4/c1-9-6-7-13(19-9)12-8-14(20-16-12)10-4-2-3-5-11(10)15(17)18/h2-8H,1H3,(H,17,18). The first kappa shape index (κ1) is 12.2. The molecule has 5 heteroatoms. The third kappa shape index (κ3) is 2.09. The molecule has 0 saturated heterocycles. The highest BCUT2D eigenvalue weighted by Crippen LogP contribution is 2.29. The van der Waals surface area contributed by atoms with Crippen molar-refractivity contribution in [2.24, 2.45) is 0 Å². The molecule has 0 aliphatic heterocycles. The van der Waals surface area contributed by atoms with E-state index in [2.05, 4.69) is 5.16 Å². The molecule has 0 unspecified atom stereocenters. The number of furan rings is 1. The second-order valence-electron chi connectivity index (χ2n) is 4.34. The number of rotatable bonds is 3. The Balaban J connectivity index is 2.05. The van der Waals surface area contributed by atoms with Gasteiger partial charge in [-0.1, -0.05) is 23.4 Å². The van der Waals surface area contributed by atoms with Crippen molar-refractivity contribution in [2.45, 2.75) is 6.92 Å². The number of nitrogens with zero attached hydrogens (tertiary/aromatic N) is 1. The van der Waals surface area contributed by atoms with Crippen molar-refractivity contribution in [3.05, 3.63) is 53.8 Å². The molecule has 1 aromatic carbocycles. The lowest BCUT2D eigenvalue weighted by Crippen LogP contribution is -1.98. The van der Waals surface area contributed by atoms with Crippen molar-refractivity contribution in [1.29, 1.82) is 0 Å². The molecular weight excluding hydrogens is 258 g/mol. The molecule has 3 aromatic rings. The number of aryl methyl sites for hydroxylation is 1. The van der Waals surface area contributed by atoms with Crippen molar-refractivity contribution in [3.63, 3.8) is 0 Å². The van der Waals surface area contributed by atoms with E-state index in [4.69, 9.17) is 8.94 Å². The Morgan fingerprint density at radius 1 is 1.15 bits per heavy atom. The smallest absolute Gasteiger partial charge is 0.336 e. The molecule has 0 bridgehead atoms. The molecule has 2 heterocycles. The first-order chi connectivity index (χ1) is 9.65. The summed E-state index contributed by atoms with van der Waals surface area (Å²) in [4.78, 5) is 11.2. The van der Waals surface area contributed by atoms with Crippen LogP contribution in [0.15, 0.2) is 51.4 Å². The maximum absolute atomic E-state index is 11.2. The lowest BCUT2D eigenvalue weighted by atomic mass is 10.1. The normalized spacial score (nSPS) is 10.7. The molecule has 0 aliphatic rings. The summed E-state index contributed by atoms with van der Waals surface area (Å²) in [7, 11) is 0. The third-order valence-electron chi connectivity index (χ3n) is 2.93. The van der Waals surface area contributed by atoms with Crippen LogP contribution in [0.25, 0.3) is 22.8 Å². The number of aromatic carboxylic acids is 1. The summed E-state index contributed by atoms with van der Waals surface area (Å²) >= 11 is 0. The summed E-state index contributed by atoms with van der Waals surface area (Å²) < 4.78 is 10.7. The fraction of sp³-hybridized carbons (Fsp3) is 0.0667. The van der Waals surface area contributed by atoms with Crippen LogP contribution in [0, 0.1) is 6.92 Å². The largest absolute Gasteiger partial charge is 0.478 e. The molecule has 5 nitrogen and oxygen atoms in total. The van der Waals surface area contributed by atoms with Gasteiger partial charge in [-0.3, -0.25) is 0 Å². The van der Waals surface area contributed by atoms with E-state index < -0.39 is 5.97 Å². The zero-order chi connectivity index (χ0) is 14.1. The van der Waals surface area contributed by atoms with Crippen LogP contribution in [0.3, 0.4) is 0 Å². The van der Waals surface area contributed by atoms with Crippen molar-refractivity contribution in [1.82, 2.24) is 5.16 Å². The van der Waals surface area contributed by atoms with E-state index in [1.54, 1.807) is 30.3 Å². The van der Waals surface area contributed by atoms with Crippen LogP contribution in [0.1, 0.15) is 16.1 Å². The van der Waals surface area contributed by atoms with E-state index in [9.17, 15) is 9.90 Å². The van der Waals surface area contributed by atoms with Gasteiger partial charge in [0.1, 0.15) is 11.5 Å². The molecule has 0 aliphatic carbocycles. The van der Waals surface area contributed by atoms with E-state index >= 15 is 0 Å². The molecule has 0 atom stereocenters. The minimum atomic E-state index is -1.01. The monoisotopic (exact) mass is 269 g/mol. The average Bonchev–Trinajstić information content (AvgIpc) is 3.07. The average molecular weight is 269 g/mol. The first-order valence-corrected chi connectivity index (χ1v) is 6.01. The number of carboxylic acid groups (broad SMARTS) is 1. The van der Waals surface area contributed by atoms with Crippen LogP contribution in [-0.2, 0) is 0 Å². The quantitative estimate of drug-likeness (QED) is 0.786. The Morgan fingerprint density at radius 3 is 2.65 bits per heavy atom. The number of benzene rings is 1. The van der Waals surface area contributed by atoms with E-state index in [1.807, 2.05) is 13.0 Å². The topological polar surface area (TPSA) is 76.5 Å². The Hall–Kier alpha value is -2.82. The highest BCUT2D eigenvalue weighted by atomic mass is 16.5.